The van der Waals surface area contributed by atoms with Gasteiger partial charge in [-0.25, -0.2) is 14.2 Å². The van der Waals surface area contributed by atoms with Gasteiger partial charge in [0.2, 0.25) is 5.95 Å². The Morgan fingerprint density at radius 3 is 2.42 bits per heavy atom. The molecule has 0 bridgehead atoms. The second-order valence-electron chi connectivity index (χ2n) is 4.85. The molecule has 7 heteroatoms. The lowest BCUT2D eigenvalue weighted by atomic mass is 10.2. The quantitative estimate of drug-likeness (QED) is 0.662. The maximum Gasteiger partial charge on any atom is 0.337 e. The van der Waals surface area contributed by atoms with Crippen molar-refractivity contribution >= 4 is 29.1 Å². The van der Waals surface area contributed by atoms with Crippen LogP contribution in [0.15, 0.2) is 60.8 Å². The Labute approximate surface area is 137 Å². The Kier molecular flexibility index (Phi) is 4.33. The number of halogens is 1. The van der Waals surface area contributed by atoms with E-state index in [0.717, 1.165) is 0 Å². The fourth-order valence-electron chi connectivity index (χ4n) is 2.09. The van der Waals surface area contributed by atoms with E-state index >= 15 is 0 Å². The summed E-state index contributed by atoms with van der Waals surface area (Å²) in [7, 11) is 0. The predicted octanol–water partition coefficient (Wildman–Crippen LogP) is 3.80. The van der Waals surface area contributed by atoms with Crippen LogP contribution in [0, 0.1) is 5.82 Å². The summed E-state index contributed by atoms with van der Waals surface area (Å²) in [6, 6.07) is 14.2. The van der Waals surface area contributed by atoms with Crippen LogP contribution in [0.4, 0.5) is 27.5 Å². The van der Waals surface area contributed by atoms with Crippen LogP contribution in [0.25, 0.3) is 0 Å². The third kappa shape index (κ3) is 3.46. The molecule has 0 atom stereocenters. The Balaban J connectivity index is 1.84. The summed E-state index contributed by atoms with van der Waals surface area (Å²) >= 11 is 0. The Hall–Kier alpha value is -3.48. The zero-order chi connectivity index (χ0) is 16.9. The number of carbonyl (C=O) groups is 1. The summed E-state index contributed by atoms with van der Waals surface area (Å²) in [6.07, 6.45) is 1.49. The van der Waals surface area contributed by atoms with Crippen LogP contribution in [-0.2, 0) is 0 Å². The number of anilines is 4. The first-order chi connectivity index (χ1) is 11.6. The van der Waals surface area contributed by atoms with Crippen molar-refractivity contribution in [3.8, 4) is 0 Å². The first-order valence-electron chi connectivity index (χ1n) is 7.07. The lowest BCUT2D eigenvalue weighted by molar-refractivity contribution is 0.0698. The number of rotatable bonds is 5. The molecular formula is C17H13FN4O2. The number of nitrogens with zero attached hydrogens (tertiary/aromatic N) is 2. The molecule has 0 saturated heterocycles. The smallest absolute Gasteiger partial charge is 0.337 e. The highest BCUT2D eigenvalue weighted by Gasteiger charge is 2.10. The molecule has 0 radical (unpaired) electrons. The second-order valence-corrected chi connectivity index (χ2v) is 4.85. The molecule has 6 nitrogen and oxygen atoms in total. The molecule has 0 fully saturated rings. The minimum absolute atomic E-state index is 0.105. The third-order valence-corrected chi connectivity index (χ3v) is 3.20. The van der Waals surface area contributed by atoms with Crippen molar-refractivity contribution in [2.24, 2.45) is 0 Å². The number of aromatic carboxylic acids is 1. The maximum absolute atomic E-state index is 13.7. The lowest BCUT2D eigenvalue weighted by Crippen LogP contribution is -2.05. The molecule has 0 saturated carbocycles. The summed E-state index contributed by atoms with van der Waals surface area (Å²) < 4.78 is 13.7. The van der Waals surface area contributed by atoms with Crippen LogP contribution in [0.1, 0.15) is 10.4 Å². The van der Waals surface area contributed by atoms with Crippen molar-refractivity contribution in [2.75, 3.05) is 10.6 Å². The Bertz CT molecular complexity index is 886. The van der Waals surface area contributed by atoms with Gasteiger partial charge in [0, 0.05) is 6.20 Å². The molecule has 0 spiro atoms. The van der Waals surface area contributed by atoms with Crippen molar-refractivity contribution in [2.45, 2.75) is 0 Å². The first kappa shape index (κ1) is 15.4. The summed E-state index contributed by atoms with van der Waals surface area (Å²) in [5, 5.41) is 14.9. The van der Waals surface area contributed by atoms with E-state index in [1.54, 1.807) is 42.5 Å². The van der Waals surface area contributed by atoms with Crippen molar-refractivity contribution in [3.05, 3.63) is 72.2 Å². The molecule has 3 rings (SSSR count). The van der Waals surface area contributed by atoms with Gasteiger partial charge in [-0.1, -0.05) is 24.3 Å². The topological polar surface area (TPSA) is 87.1 Å². The molecule has 0 aliphatic carbocycles. The highest BCUT2D eigenvalue weighted by atomic mass is 19.1. The molecule has 3 aromatic rings. The van der Waals surface area contributed by atoms with E-state index in [1.165, 1.54) is 18.3 Å². The highest BCUT2D eigenvalue weighted by molar-refractivity contribution is 5.94. The Morgan fingerprint density at radius 1 is 0.958 bits per heavy atom. The largest absolute Gasteiger partial charge is 0.478 e. The number of carboxylic acids is 1. The lowest BCUT2D eigenvalue weighted by Gasteiger charge is -2.10. The summed E-state index contributed by atoms with van der Waals surface area (Å²) in [6.45, 7) is 0. The number of hydrogen-bond donors (Lipinski definition) is 3. The number of aromatic nitrogens is 2. The average Bonchev–Trinajstić information content (AvgIpc) is 2.58. The van der Waals surface area contributed by atoms with E-state index in [9.17, 15) is 14.3 Å². The number of para-hydroxylation sites is 2. The number of carboxylic acid groups (broad SMARTS) is 1. The van der Waals surface area contributed by atoms with Gasteiger partial charge in [-0.3, -0.25) is 0 Å². The molecule has 1 aromatic heterocycles. The van der Waals surface area contributed by atoms with Gasteiger partial charge in [0.05, 0.1) is 16.9 Å². The van der Waals surface area contributed by atoms with Crippen LogP contribution in [-0.4, -0.2) is 21.0 Å². The van der Waals surface area contributed by atoms with Crippen LogP contribution in [0.3, 0.4) is 0 Å². The van der Waals surface area contributed by atoms with Gasteiger partial charge in [0.1, 0.15) is 11.6 Å². The fourth-order valence-corrected chi connectivity index (χ4v) is 2.09. The predicted molar refractivity (Wildman–Crippen MR) is 88.4 cm³/mol. The Morgan fingerprint density at radius 2 is 1.67 bits per heavy atom. The van der Waals surface area contributed by atoms with E-state index < -0.39 is 11.8 Å². The van der Waals surface area contributed by atoms with Crippen LogP contribution in [0.2, 0.25) is 0 Å². The van der Waals surface area contributed by atoms with Crippen LogP contribution >= 0.6 is 0 Å². The van der Waals surface area contributed by atoms with Gasteiger partial charge in [-0.15, -0.1) is 0 Å². The SMILES string of the molecule is O=C(O)c1ccccc1Nc1nccc(Nc2ccccc2F)n1. The summed E-state index contributed by atoms with van der Waals surface area (Å²) in [5.41, 5.74) is 0.759. The molecule has 3 N–H and O–H groups in total. The van der Waals surface area contributed by atoms with Crippen molar-refractivity contribution < 1.29 is 14.3 Å². The zero-order valence-electron chi connectivity index (χ0n) is 12.4. The molecule has 1 heterocycles. The van der Waals surface area contributed by atoms with E-state index in [0.29, 0.717) is 11.5 Å². The minimum atomic E-state index is -1.06. The van der Waals surface area contributed by atoms with Crippen molar-refractivity contribution in [1.82, 2.24) is 9.97 Å². The van der Waals surface area contributed by atoms with Gasteiger partial charge >= 0.3 is 5.97 Å². The van der Waals surface area contributed by atoms with Gasteiger partial charge in [-0.05, 0) is 30.3 Å². The summed E-state index contributed by atoms with van der Waals surface area (Å²) in [5.74, 6) is -0.879. The normalized spacial score (nSPS) is 10.2. The summed E-state index contributed by atoms with van der Waals surface area (Å²) in [4.78, 5) is 19.5. The zero-order valence-corrected chi connectivity index (χ0v) is 12.4. The molecule has 0 amide bonds. The van der Waals surface area contributed by atoms with Gasteiger partial charge in [0.15, 0.2) is 0 Å². The maximum atomic E-state index is 13.7. The van der Waals surface area contributed by atoms with Gasteiger partial charge in [-0.2, -0.15) is 4.98 Å². The second kappa shape index (κ2) is 6.74. The van der Waals surface area contributed by atoms with Crippen molar-refractivity contribution in [1.29, 1.82) is 0 Å². The fraction of sp³-hybridized carbons (Fsp3) is 0. The minimum Gasteiger partial charge on any atom is -0.478 e. The van der Waals surface area contributed by atoms with Crippen LogP contribution in [0.5, 0.6) is 0 Å². The number of hydrogen-bond acceptors (Lipinski definition) is 5. The molecular weight excluding hydrogens is 311 g/mol. The molecule has 2 aromatic carbocycles. The number of nitrogens with one attached hydrogen (secondary N) is 2. The third-order valence-electron chi connectivity index (χ3n) is 3.20. The van der Waals surface area contributed by atoms with E-state index in [4.69, 9.17) is 0 Å². The monoisotopic (exact) mass is 324 g/mol. The van der Waals surface area contributed by atoms with E-state index in [2.05, 4.69) is 20.6 Å². The molecule has 24 heavy (non-hydrogen) atoms. The molecule has 0 unspecified atom stereocenters. The van der Waals surface area contributed by atoms with E-state index in [1.807, 2.05) is 0 Å². The molecule has 120 valence electrons. The molecule has 0 aliphatic rings. The highest BCUT2D eigenvalue weighted by Crippen LogP contribution is 2.21. The number of benzene rings is 2. The average molecular weight is 324 g/mol. The van der Waals surface area contributed by atoms with Crippen LogP contribution < -0.4 is 10.6 Å². The standard InChI is InChI=1S/C17H13FN4O2/c18-12-6-2-4-8-14(12)20-15-9-10-19-17(22-15)21-13-7-3-1-5-11(13)16(23)24/h1-10H,(H,23,24)(H2,19,20,21,22). The van der Waals surface area contributed by atoms with Crippen molar-refractivity contribution in [3.63, 3.8) is 0 Å². The molecule has 0 aliphatic heterocycles. The van der Waals surface area contributed by atoms with Gasteiger partial charge < -0.3 is 15.7 Å². The van der Waals surface area contributed by atoms with Gasteiger partial charge in [0.25, 0.3) is 0 Å². The van der Waals surface area contributed by atoms with E-state index in [-0.39, 0.29) is 17.2 Å². The first-order valence-corrected chi connectivity index (χ1v) is 7.07.